The second kappa shape index (κ2) is 4.68. The molecule has 18 heavy (non-hydrogen) atoms. The minimum absolute atomic E-state index is 0.00359. The number of aromatic nitrogens is 3. The minimum atomic E-state index is 0.00359. The van der Waals surface area contributed by atoms with Crippen LogP contribution in [-0.2, 0) is 17.8 Å². The third kappa shape index (κ3) is 2.25. The van der Waals surface area contributed by atoms with Gasteiger partial charge < -0.3 is 10.6 Å². The van der Waals surface area contributed by atoms with E-state index in [4.69, 9.17) is 0 Å². The molecule has 2 unspecified atom stereocenters. The summed E-state index contributed by atoms with van der Waals surface area (Å²) in [7, 11) is 0. The van der Waals surface area contributed by atoms with Crippen molar-refractivity contribution in [1.29, 1.82) is 0 Å². The summed E-state index contributed by atoms with van der Waals surface area (Å²) in [5.41, 5.74) is 0. The average molecular weight is 249 g/mol. The fourth-order valence-corrected chi connectivity index (χ4v) is 2.76. The van der Waals surface area contributed by atoms with E-state index in [9.17, 15) is 4.79 Å². The van der Waals surface area contributed by atoms with Crippen molar-refractivity contribution >= 4 is 5.91 Å². The molecule has 0 bridgehead atoms. The number of nitrogens with one attached hydrogen (secondary N) is 2. The molecule has 0 saturated carbocycles. The van der Waals surface area contributed by atoms with E-state index in [1.165, 1.54) is 0 Å². The van der Waals surface area contributed by atoms with Gasteiger partial charge in [-0.15, -0.1) is 0 Å². The van der Waals surface area contributed by atoms with Crippen molar-refractivity contribution in [2.45, 2.75) is 51.2 Å². The molecule has 0 radical (unpaired) electrons. The third-order valence-corrected chi connectivity index (χ3v) is 3.69. The van der Waals surface area contributed by atoms with Crippen molar-refractivity contribution in [3.8, 4) is 0 Å². The average Bonchev–Trinajstić information content (AvgIpc) is 2.95. The van der Waals surface area contributed by atoms with E-state index in [-0.39, 0.29) is 18.0 Å². The molecule has 6 nitrogen and oxygen atoms in total. The van der Waals surface area contributed by atoms with Gasteiger partial charge in [0.15, 0.2) is 0 Å². The number of carbonyl (C=O) groups excluding carboxylic acids is 1. The van der Waals surface area contributed by atoms with Gasteiger partial charge in [0.05, 0.1) is 12.6 Å². The molecule has 0 aliphatic carbocycles. The Labute approximate surface area is 106 Å². The number of aryl methyl sites for hydroxylation is 2. The number of carbonyl (C=O) groups is 1. The molecule has 2 atom stereocenters. The first-order valence-corrected chi connectivity index (χ1v) is 6.66. The Morgan fingerprint density at radius 2 is 2.39 bits per heavy atom. The van der Waals surface area contributed by atoms with Crippen LogP contribution in [-0.4, -0.2) is 39.3 Å². The van der Waals surface area contributed by atoms with E-state index >= 15 is 0 Å². The summed E-state index contributed by atoms with van der Waals surface area (Å²) in [6.07, 6.45) is 3.89. The van der Waals surface area contributed by atoms with E-state index in [0.29, 0.717) is 0 Å². The normalized spacial score (nSPS) is 26.9. The number of rotatable bonds is 2. The van der Waals surface area contributed by atoms with Gasteiger partial charge in [-0.3, -0.25) is 4.79 Å². The van der Waals surface area contributed by atoms with E-state index in [2.05, 4.69) is 20.7 Å². The molecule has 2 N–H and O–H groups in total. The molecule has 98 valence electrons. The van der Waals surface area contributed by atoms with Crippen molar-refractivity contribution < 1.29 is 4.79 Å². The molecule has 1 aromatic heterocycles. The van der Waals surface area contributed by atoms with Crippen LogP contribution in [0.4, 0.5) is 0 Å². The molecule has 1 saturated heterocycles. The van der Waals surface area contributed by atoms with E-state index in [1.807, 2.05) is 11.6 Å². The summed E-state index contributed by atoms with van der Waals surface area (Å²) < 4.78 is 1.92. The fourth-order valence-electron chi connectivity index (χ4n) is 2.76. The lowest BCUT2D eigenvalue weighted by molar-refractivity contribution is -0.123. The van der Waals surface area contributed by atoms with E-state index in [0.717, 1.165) is 50.4 Å². The number of amides is 1. The number of hydrogen-bond acceptors (Lipinski definition) is 4. The second-order valence-corrected chi connectivity index (χ2v) is 5.15. The van der Waals surface area contributed by atoms with Crippen LogP contribution in [0.25, 0.3) is 0 Å². The van der Waals surface area contributed by atoms with Gasteiger partial charge in [0, 0.05) is 12.5 Å². The second-order valence-electron chi connectivity index (χ2n) is 5.15. The summed E-state index contributed by atoms with van der Waals surface area (Å²) in [5.74, 6) is 1.99. The maximum absolute atomic E-state index is 12.0. The number of fused-ring (bicyclic) bond motifs is 1. The maximum atomic E-state index is 12.0. The molecular formula is C12H19N5O. The molecule has 6 heteroatoms. The van der Waals surface area contributed by atoms with Gasteiger partial charge in [-0.1, -0.05) is 0 Å². The number of hydrogen-bond donors (Lipinski definition) is 2. The highest BCUT2D eigenvalue weighted by atomic mass is 16.2. The Hall–Kier alpha value is -1.43. The Morgan fingerprint density at radius 3 is 3.17 bits per heavy atom. The van der Waals surface area contributed by atoms with Crippen molar-refractivity contribution in [3.63, 3.8) is 0 Å². The van der Waals surface area contributed by atoms with Crippen molar-refractivity contribution in [2.75, 3.05) is 6.54 Å². The number of nitrogens with zero attached hydrogens (tertiary/aromatic N) is 3. The highest BCUT2D eigenvalue weighted by Crippen LogP contribution is 2.13. The predicted molar refractivity (Wildman–Crippen MR) is 66.0 cm³/mol. The lowest BCUT2D eigenvalue weighted by Crippen LogP contribution is -2.48. The Kier molecular flexibility index (Phi) is 3.03. The van der Waals surface area contributed by atoms with Gasteiger partial charge in [-0.2, -0.15) is 5.10 Å². The summed E-state index contributed by atoms with van der Waals surface area (Å²) in [4.78, 5) is 16.4. The standard InChI is InChI=1S/C12H19N5O/c1-8-14-11-5-4-9(7-17(11)16-8)15-12(18)10-3-2-6-13-10/h9-10,13H,2-7H2,1H3,(H,15,18). The van der Waals surface area contributed by atoms with Crippen molar-refractivity contribution in [2.24, 2.45) is 0 Å². The first kappa shape index (κ1) is 11.6. The van der Waals surface area contributed by atoms with Crippen LogP contribution in [0.15, 0.2) is 0 Å². The van der Waals surface area contributed by atoms with Crippen molar-refractivity contribution in [3.05, 3.63) is 11.6 Å². The van der Waals surface area contributed by atoms with Crippen LogP contribution in [0.5, 0.6) is 0 Å². The summed E-state index contributed by atoms with van der Waals surface area (Å²) in [6.45, 7) is 3.60. The molecule has 1 amide bonds. The molecule has 1 fully saturated rings. The smallest absolute Gasteiger partial charge is 0.237 e. The van der Waals surface area contributed by atoms with Crippen molar-refractivity contribution in [1.82, 2.24) is 25.4 Å². The summed E-state index contributed by atoms with van der Waals surface area (Å²) >= 11 is 0. The van der Waals surface area contributed by atoms with Gasteiger partial charge >= 0.3 is 0 Å². The molecule has 2 aliphatic heterocycles. The molecule has 1 aromatic rings. The van der Waals surface area contributed by atoms with Crippen LogP contribution in [0.2, 0.25) is 0 Å². The van der Waals surface area contributed by atoms with Gasteiger partial charge in [0.1, 0.15) is 11.6 Å². The van der Waals surface area contributed by atoms with Crippen LogP contribution in [0.1, 0.15) is 30.9 Å². The topological polar surface area (TPSA) is 71.8 Å². The lowest BCUT2D eigenvalue weighted by Gasteiger charge is -2.24. The van der Waals surface area contributed by atoms with Gasteiger partial charge in [0.2, 0.25) is 5.91 Å². The Balaban J connectivity index is 1.60. The first-order chi connectivity index (χ1) is 8.72. The highest BCUT2D eigenvalue weighted by Gasteiger charge is 2.27. The molecular weight excluding hydrogens is 230 g/mol. The van der Waals surface area contributed by atoms with Crippen LogP contribution < -0.4 is 10.6 Å². The molecule has 2 aliphatic rings. The molecule has 3 heterocycles. The van der Waals surface area contributed by atoms with Gasteiger partial charge in [0.25, 0.3) is 0 Å². The van der Waals surface area contributed by atoms with Gasteiger partial charge in [-0.25, -0.2) is 9.67 Å². The predicted octanol–water partition coefficient (Wildman–Crippen LogP) is -0.230. The zero-order chi connectivity index (χ0) is 12.5. The Morgan fingerprint density at radius 1 is 1.50 bits per heavy atom. The van der Waals surface area contributed by atoms with Crippen LogP contribution >= 0.6 is 0 Å². The fraction of sp³-hybridized carbons (Fsp3) is 0.750. The van der Waals surface area contributed by atoms with Crippen LogP contribution in [0.3, 0.4) is 0 Å². The summed E-state index contributed by atoms with van der Waals surface area (Å²) in [5, 5.41) is 10.7. The zero-order valence-electron chi connectivity index (χ0n) is 10.6. The Bertz CT molecular complexity index is 449. The zero-order valence-corrected chi connectivity index (χ0v) is 10.6. The molecule has 0 aromatic carbocycles. The first-order valence-electron chi connectivity index (χ1n) is 6.66. The van der Waals surface area contributed by atoms with Gasteiger partial charge in [-0.05, 0) is 32.7 Å². The largest absolute Gasteiger partial charge is 0.350 e. The summed E-state index contributed by atoms with van der Waals surface area (Å²) in [6, 6.07) is 0.192. The SMILES string of the molecule is Cc1nc2n(n1)CC(NC(=O)C1CCCN1)CC2. The molecule has 3 rings (SSSR count). The third-order valence-electron chi connectivity index (χ3n) is 3.69. The molecule has 0 spiro atoms. The van der Waals surface area contributed by atoms with Crippen LogP contribution in [0, 0.1) is 6.92 Å². The van der Waals surface area contributed by atoms with E-state index < -0.39 is 0 Å². The monoisotopic (exact) mass is 249 g/mol. The highest BCUT2D eigenvalue weighted by molar-refractivity contribution is 5.82. The van der Waals surface area contributed by atoms with E-state index in [1.54, 1.807) is 0 Å². The quantitative estimate of drug-likeness (QED) is 0.759. The maximum Gasteiger partial charge on any atom is 0.237 e. The lowest BCUT2D eigenvalue weighted by atomic mass is 10.1. The minimum Gasteiger partial charge on any atom is -0.350 e.